The van der Waals surface area contributed by atoms with E-state index in [1.54, 1.807) is 30.3 Å². The monoisotopic (exact) mass is 273 g/mol. The standard InChI is InChI=1S/C12H10F3NOS/c13-12(14,15)11-16-9(7-18-11)6-10(17)8-4-2-1-3-5-8/h1-5,7,10,17H,6H2. The van der Waals surface area contributed by atoms with Crippen molar-refractivity contribution in [3.63, 3.8) is 0 Å². The average Bonchev–Trinajstić information content (AvgIpc) is 2.78. The Balaban J connectivity index is 2.08. The van der Waals surface area contributed by atoms with Crippen LogP contribution in [0.3, 0.4) is 0 Å². The molecule has 0 bridgehead atoms. The lowest BCUT2D eigenvalue weighted by Gasteiger charge is -2.08. The van der Waals surface area contributed by atoms with Crippen molar-refractivity contribution in [3.8, 4) is 0 Å². The van der Waals surface area contributed by atoms with Crippen molar-refractivity contribution in [1.82, 2.24) is 4.98 Å². The molecule has 6 heteroatoms. The Morgan fingerprint density at radius 1 is 1.22 bits per heavy atom. The van der Waals surface area contributed by atoms with E-state index in [0.29, 0.717) is 16.9 Å². The summed E-state index contributed by atoms with van der Waals surface area (Å²) in [5.74, 6) is 0. The average molecular weight is 273 g/mol. The van der Waals surface area contributed by atoms with Crippen LogP contribution in [-0.2, 0) is 12.6 Å². The lowest BCUT2D eigenvalue weighted by molar-refractivity contribution is -0.137. The summed E-state index contributed by atoms with van der Waals surface area (Å²) in [6.07, 6.45) is -5.17. The number of hydrogen-bond donors (Lipinski definition) is 1. The SMILES string of the molecule is OC(Cc1csc(C(F)(F)F)n1)c1ccccc1. The zero-order valence-corrected chi connectivity index (χ0v) is 10.0. The first-order valence-corrected chi connectivity index (χ1v) is 6.09. The third kappa shape index (κ3) is 3.08. The molecule has 1 N–H and O–H groups in total. The molecule has 1 atom stereocenters. The van der Waals surface area contributed by atoms with Crippen LogP contribution in [0, 0.1) is 0 Å². The maximum Gasteiger partial charge on any atom is 0.443 e. The lowest BCUT2D eigenvalue weighted by Crippen LogP contribution is -2.06. The maximum absolute atomic E-state index is 12.3. The summed E-state index contributed by atoms with van der Waals surface area (Å²) >= 11 is 0.546. The third-order valence-electron chi connectivity index (χ3n) is 2.38. The fourth-order valence-electron chi connectivity index (χ4n) is 1.52. The summed E-state index contributed by atoms with van der Waals surface area (Å²) in [5.41, 5.74) is 0.919. The summed E-state index contributed by atoms with van der Waals surface area (Å²) in [7, 11) is 0. The molecule has 1 aromatic carbocycles. The van der Waals surface area contributed by atoms with Gasteiger partial charge in [0.1, 0.15) is 0 Å². The number of benzene rings is 1. The third-order valence-corrected chi connectivity index (χ3v) is 3.32. The summed E-state index contributed by atoms with van der Waals surface area (Å²) < 4.78 is 37.0. The van der Waals surface area contributed by atoms with E-state index in [4.69, 9.17) is 0 Å². The molecule has 0 aliphatic carbocycles. The summed E-state index contributed by atoms with van der Waals surface area (Å²) in [6, 6.07) is 8.78. The van der Waals surface area contributed by atoms with Crippen molar-refractivity contribution in [2.75, 3.05) is 0 Å². The molecule has 2 aromatic rings. The smallest absolute Gasteiger partial charge is 0.388 e. The quantitative estimate of drug-likeness (QED) is 0.929. The molecular formula is C12H10F3NOS. The van der Waals surface area contributed by atoms with E-state index in [-0.39, 0.29) is 12.1 Å². The van der Waals surface area contributed by atoms with Crippen LogP contribution in [0.2, 0.25) is 0 Å². The van der Waals surface area contributed by atoms with E-state index in [1.165, 1.54) is 5.38 Å². The first-order valence-electron chi connectivity index (χ1n) is 5.21. The fourth-order valence-corrected chi connectivity index (χ4v) is 2.22. The van der Waals surface area contributed by atoms with Crippen LogP contribution in [0.25, 0.3) is 0 Å². The van der Waals surface area contributed by atoms with Crippen LogP contribution in [0.5, 0.6) is 0 Å². The Labute approximate surface area is 106 Å². The van der Waals surface area contributed by atoms with Gasteiger partial charge in [-0.05, 0) is 5.56 Å². The van der Waals surface area contributed by atoms with E-state index >= 15 is 0 Å². The molecule has 0 amide bonds. The molecule has 0 spiro atoms. The molecule has 0 aliphatic rings. The van der Waals surface area contributed by atoms with Gasteiger partial charge in [0.05, 0.1) is 11.8 Å². The van der Waals surface area contributed by atoms with Gasteiger partial charge in [-0.25, -0.2) is 4.98 Å². The molecule has 1 aromatic heterocycles. The van der Waals surface area contributed by atoms with Crippen LogP contribution >= 0.6 is 11.3 Å². The van der Waals surface area contributed by atoms with Crippen LogP contribution < -0.4 is 0 Å². The molecule has 2 rings (SSSR count). The minimum Gasteiger partial charge on any atom is -0.388 e. The van der Waals surface area contributed by atoms with Gasteiger partial charge in [0.25, 0.3) is 0 Å². The van der Waals surface area contributed by atoms with E-state index in [2.05, 4.69) is 4.98 Å². The highest BCUT2D eigenvalue weighted by molar-refractivity contribution is 7.09. The molecule has 1 heterocycles. The molecule has 96 valence electrons. The zero-order valence-electron chi connectivity index (χ0n) is 9.19. The minimum atomic E-state index is -4.42. The Kier molecular flexibility index (Phi) is 3.68. The number of aliphatic hydroxyl groups excluding tert-OH is 1. The molecule has 0 fully saturated rings. The highest BCUT2D eigenvalue weighted by atomic mass is 32.1. The van der Waals surface area contributed by atoms with E-state index in [0.717, 1.165) is 0 Å². The van der Waals surface area contributed by atoms with Gasteiger partial charge in [0.2, 0.25) is 0 Å². The van der Waals surface area contributed by atoms with Gasteiger partial charge in [-0.2, -0.15) is 13.2 Å². The number of alkyl halides is 3. The minimum absolute atomic E-state index is 0.0800. The van der Waals surface area contributed by atoms with Crippen molar-refractivity contribution in [2.45, 2.75) is 18.7 Å². The van der Waals surface area contributed by atoms with Crippen LogP contribution in [0.15, 0.2) is 35.7 Å². The van der Waals surface area contributed by atoms with Gasteiger partial charge in [-0.1, -0.05) is 30.3 Å². The first kappa shape index (κ1) is 13.0. The number of aromatic nitrogens is 1. The molecule has 18 heavy (non-hydrogen) atoms. The normalized spacial score (nSPS) is 13.6. The van der Waals surface area contributed by atoms with Crippen molar-refractivity contribution >= 4 is 11.3 Å². The van der Waals surface area contributed by atoms with Gasteiger partial charge in [0, 0.05) is 11.8 Å². The van der Waals surface area contributed by atoms with Crippen molar-refractivity contribution in [1.29, 1.82) is 0 Å². The predicted molar refractivity (Wildman–Crippen MR) is 62.2 cm³/mol. The van der Waals surface area contributed by atoms with Gasteiger partial charge in [-0.3, -0.25) is 0 Å². The lowest BCUT2D eigenvalue weighted by atomic mass is 10.1. The van der Waals surface area contributed by atoms with Gasteiger partial charge in [0.15, 0.2) is 5.01 Å². The molecule has 0 radical (unpaired) electrons. The largest absolute Gasteiger partial charge is 0.443 e. The molecular weight excluding hydrogens is 263 g/mol. The van der Waals surface area contributed by atoms with Crippen LogP contribution in [0.1, 0.15) is 22.4 Å². The maximum atomic E-state index is 12.3. The predicted octanol–water partition coefficient (Wildman–Crippen LogP) is 3.44. The number of nitrogens with zero attached hydrogens (tertiary/aromatic N) is 1. The summed E-state index contributed by atoms with van der Waals surface area (Å²) in [6.45, 7) is 0. The number of rotatable bonds is 3. The second-order valence-electron chi connectivity index (χ2n) is 3.77. The zero-order chi connectivity index (χ0) is 13.2. The Bertz CT molecular complexity index is 510. The molecule has 0 aliphatic heterocycles. The Hall–Kier alpha value is -1.40. The van der Waals surface area contributed by atoms with Crippen molar-refractivity contribution < 1.29 is 18.3 Å². The number of halogens is 3. The van der Waals surface area contributed by atoms with E-state index in [1.807, 2.05) is 0 Å². The summed E-state index contributed by atoms with van der Waals surface area (Å²) in [5, 5.41) is 10.3. The first-order chi connectivity index (χ1) is 8.47. The van der Waals surface area contributed by atoms with Crippen molar-refractivity contribution in [3.05, 3.63) is 52.0 Å². The fraction of sp³-hybridized carbons (Fsp3) is 0.250. The molecule has 0 saturated carbocycles. The second-order valence-corrected chi connectivity index (χ2v) is 4.63. The van der Waals surface area contributed by atoms with Crippen LogP contribution in [-0.4, -0.2) is 10.1 Å². The highest BCUT2D eigenvalue weighted by Crippen LogP contribution is 2.32. The number of thiazole rings is 1. The second kappa shape index (κ2) is 5.07. The Morgan fingerprint density at radius 2 is 1.89 bits per heavy atom. The number of hydrogen-bond acceptors (Lipinski definition) is 3. The van der Waals surface area contributed by atoms with Gasteiger partial charge >= 0.3 is 6.18 Å². The van der Waals surface area contributed by atoms with Gasteiger partial charge < -0.3 is 5.11 Å². The van der Waals surface area contributed by atoms with E-state index in [9.17, 15) is 18.3 Å². The van der Waals surface area contributed by atoms with E-state index < -0.39 is 17.3 Å². The number of aliphatic hydroxyl groups is 1. The molecule has 1 unspecified atom stereocenters. The summed E-state index contributed by atoms with van der Waals surface area (Å²) in [4.78, 5) is 3.48. The molecule has 2 nitrogen and oxygen atoms in total. The Morgan fingerprint density at radius 3 is 2.44 bits per heavy atom. The topological polar surface area (TPSA) is 33.1 Å². The molecule has 0 saturated heterocycles. The van der Waals surface area contributed by atoms with Crippen molar-refractivity contribution in [2.24, 2.45) is 0 Å². The van der Waals surface area contributed by atoms with Gasteiger partial charge in [-0.15, -0.1) is 11.3 Å². The highest BCUT2D eigenvalue weighted by Gasteiger charge is 2.34. The van der Waals surface area contributed by atoms with Crippen LogP contribution in [0.4, 0.5) is 13.2 Å².